The van der Waals surface area contributed by atoms with Crippen molar-refractivity contribution in [2.45, 2.75) is 12.6 Å². The van der Waals surface area contributed by atoms with Crippen LogP contribution in [0.25, 0.3) is 0 Å². The largest absolute Gasteiger partial charge is 0.397 e. The van der Waals surface area contributed by atoms with E-state index in [-0.39, 0.29) is 6.54 Å². The van der Waals surface area contributed by atoms with E-state index in [1.807, 2.05) is 11.0 Å². The summed E-state index contributed by atoms with van der Waals surface area (Å²) in [7, 11) is 0. The van der Waals surface area contributed by atoms with Gasteiger partial charge in [0.2, 0.25) is 0 Å². The smallest absolute Gasteiger partial charge is 0.390 e. The molecule has 1 aliphatic rings. The minimum atomic E-state index is -4.07. The van der Waals surface area contributed by atoms with E-state index < -0.39 is 12.6 Å². The van der Waals surface area contributed by atoms with Crippen LogP contribution in [0.1, 0.15) is 6.42 Å². The predicted molar refractivity (Wildman–Crippen MR) is 68.0 cm³/mol. The number of hydrogen-bond donors (Lipinski definition) is 1. The van der Waals surface area contributed by atoms with Gasteiger partial charge in [0.15, 0.2) is 0 Å². The van der Waals surface area contributed by atoms with Gasteiger partial charge in [-0.25, -0.2) is 4.98 Å². The summed E-state index contributed by atoms with van der Waals surface area (Å²) in [6, 6.07) is 3.61. The molecule has 1 saturated heterocycles. The summed E-state index contributed by atoms with van der Waals surface area (Å²) in [5, 5.41) is 0. The highest BCUT2D eigenvalue weighted by atomic mass is 19.4. The van der Waals surface area contributed by atoms with Gasteiger partial charge >= 0.3 is 6.18 Å². The lowest BCUT2D eigenvalue weighted by Gasteiger charge is -2.35. The molecule has 0 saturated carbocycles. The van der Waals surface area contributed by atoms with Gasteiger partial charge < -0.3 is 10.6 Å². The lowest BCUT2D eigenvalue weighted by atomic mass is 10.2. The van der Waals surface area contributed by atoms with Crippen molar-refractivity contribution in [2.75, 3.05) is 43.4 Å². The van der Waals surface area contributed by atoms with Crippen molar-refractivity contribution in [1.82, 2.24) is 9.88 Å². The van der Waals surface area contributed by atoms with Crippen molar-refractivity contribution in [3.8, 4) is 0 Å². The van der Waals surface area contributed by atoms with Gasteiger partial charge in [-0.3, -0.25) is 4.90 Å². The second kappa shape index (κ2) is 5.64. The summed E-state index contributed by atoms with van der Waals surface area (Å²) < 4.78 is 36.4. The molecule has 0 spiro atoms. The lowest BCUT2D eigenvalue weighted by Crippen LogP contribution is -2.47. The molecule has 0 amide bonds. The van der Waals surface area contributed by atoms with Crippen molar-refractivity contribution >= 4 is 11.5 Å². The van der Waals surface area contributed by atoms with E-state index in [2.05, 4.69) is 9.88 Å². The molecule has 1 fully saturated rings. The summed E-state index contributed by atoms with van der Waals surface area (Å²) >= 11 is 0. The van der Waals surface area contributed by atoms with Crippen LogP contribution in [0.3, 0.4) is 0 Å². The third-order valence-electron chi connectivity index (χ3n) is 3.18. The molecule has 1 aliphatic heterocycles. The van der Waals surface area contributed by atoms with Crippen LogP contribution >= 0.6 is 0 Å². The van der Waals surface area contributed by atoms with Crippen molar-refractivity contribution < 1.29 is 13.2 Å². The molecule has 106 valence electrons. The first kappa shape index (κ1) is 13.9. The average Bonchev–Trinajstić information content (AvgIpc) is 2.37. The number of nitrogen functional groups attached to an aromatic ring is 1. The van der Waals surface area contributed by atoms with Gasteiger partial charge in [-0.2, -0.15) is 13.2 Å². The summed E-state index contributed by atoms with van der Waals surface area (Å²) in [6.45, 7) is 2.71. The number of aromatic nitrogens is 1. The van der Waals surface area contributed by atoms with Crippen LogP contribution in [0.15, 0.2) is 18.3 Å². The normalized spacial score (nSPS) is 17.7. The highest BCUT2D eigenvalue weighted by Gasteiger charge is 2.28. The number of nitrogens with zero attached hydrogens (tertiary/aromatic N) is 3. The topological polar surface area (TPSA) is 45.4 Å². The molecule has 1 aromatic heterocycles. The van der Waals surface area contributed by atoms with Crippen molar-refractivity contribution in [3.63, 3.8) is 0 Å². The van der Waals surface area contributed by atoms with Crippen LogP contribution in [-0.2, 0) is 0 Å². The predicted octanol–water partition coefficient (Wildman–Crippen LogP) is 1.74. The number of anilines is 2. The highest BCUT2D eigenvalue weighted by Crippen LogP contribution is 2.21. The highest BCUT2D eigenvalue weighted by molar-refractivity contribution is 5.46. The first-order valence-corrected chi connectivity index (χ1v) is 6.20. The Balaban J connectivity index is 1.81. The van der Waals surface area contributed by atoms with E-state index in [0.717, 1.165) is 5.82 Å². The maximum absolute atomic E-state index is 12.1. The summed E-state index contributed by atoms with van der Waals surface area (Å²) in [6.07, 6.45) is -3.23. The lowest BCUT2D eigenvalue weighted by molar-refractivity contribution is -0.138. The number of pyridine rings is 1. The standard InChI is InChI=1S/C12H17F3N4/c13-12(14,15)3-4-18-5-7-19(8-6-18)11-2-1-10(16)9-17-11/h1-2,9H,3-8,16H2. The molecule has 7 heteroatoms. The molecule has 2 rings (SSSR count). The number of nitrogens with two attached hydrogens (primary N) is 1. The average molecular weight is 274 g/mol. The molecule has 19 heavy (non-hydrogen) atoms. The van der Waals surface area contributed by atoms with Gasteiger partial charge in [-0.05, 0) is 12.1 Å². The third-order valence-corrected chi connectivity index (χ3v) is 3.18. The van der Waals surface area contributed by atoms with Gasteiger partial charge in [-0.1, -0.05) is 0 Å². The summed E-state index contributed by atoms with van der Waals surface area (Å²) in [4.78, 5) is 8.11. The number of halogens is 3. The first-order chi connectivity index (χ1) is 8.94. The number of hydrogen-bond acceptors (Lipinski definition) is 4. The Morgan fingerprint density at radius 3 is 2.37 bits per heavy atom. The van der Waals surface area contributed by atoms with E-state index in [4.69, 9.17) is 5.73 Å². The zero-order valence-corrected chi connectivity index (χ0v) is 10.5. The quantitative estimate of drug-likeness (QED) is 0.912. The van der Waals surface area contributed by atoms with E-state index in [1.165, 1.54) is 0 Å². The van der Waals surface area contributed by atoms with Crippen LogP contribution in [0.5, 0.6) is 0 Å². The summed E-state index contributed by atoms with van der Waals surface area (Å²) in [5.41, 5.74) is 6.17. The van der Waals surface area contributed by atoms with E-state index >= 15 is 0 Å². The molecular weight excluding hydrogens is 257 g/mol. The molecule has 0 radical (unpaired) electrons. The molecule has 1 aromatic rings. The van der Waals surface area contributed by atoms with Crippen LogP contribution in [0, 0.1) is 0 Å². The molecular formula is C12H17F3N4. The fourth-order valence-electron chi connectivity index (χ4n) is 2.07. The number of alkyl halides is 3. The Hall–Kier alpha value is -1.50. The van der Waals surface area contributed by atoms with Gasteiger partial charge in [0.05, 0.1) is 18.3 Å². The maximum atomic E-state index is 12.1. The molecule has 0 unspecified atom stereocenters. The minimum absolute atomic E-state index is 0.0759. The Kier molecular flexibility index (Phi) is 4.14. The molecule has 0 atom stereocenters. The Labute approximate surface area is 110 Å². The van der Waals surface area contributed by atoms with Crippen LogP contribution in [-0.4, -0.2) is 48.8 Å². The van der Waals surface area contributed by atoms with Crippen LogP contribution in [0.2, 0.25) is 0 Å². The number of rotatable bonds is 3. The zero-order chi connectivity index (χ0) is 13.9. The fraction of sp³-hybridized carbons (Fsp3) is 0.583. The fourth-order valence-corrected chi connectivity index (χ4v) is 2.07. The van der Waals surface area contributed by atoms with Gasteiger partial charge in [0, 0.05) is 32.7 Å². The number of piperazine rings is 1. The van der Waals surface area contributed by atoms with Crippen molar-refractivity contribution in [2.24, 2.45) is 0 Å². The molecule has 0 aromatic carbocycles. The second-order valence-electron chi connectivity index (χ2n) is 4.64. The van der Waals surface area contributed by atoms with E-state index in [1.54, 1.807) is 12.3 Å². The van der Waals surface area contributed by atoms with Crippen molar-refractivity contribution in [3.05, 3.63) is 18.3 Å². The van der Waals surface area contributed by atoms with E-state index in [9.17, 15) is 13.2 Å². The maximum Gasteiger partial charge on any atom is 0.390 e. The molecule has 4 nitrogen and oxygen atoms in total. The molecule has 2 N–H and O–H groups in total. The summed E-state index contributed by atoms with van der Waals surface area (Å²) in [5.74, 6) is 0.824. The van der Waals surface area contributed by atoms with Gasteiger partial charge in [0.1, 0.15) is 5.82 Å². The van der Waals surface area contributed by atoms with E-state index in [0.29, 0.717) is 31.9 Å². The Morgan fingerprint density at radius 2 is 1.84 bits per heavy atom. The molecule has 2 heterocycles. The molecule has 0 aliphatic carbocycles. The monoisotopic (exact) mass is 274 g/mol. The third kappa shape index (κ3) is 4.27. The second-order valence-corrected chi connectivity index (χ2v) is 4.64. The molecule has 0 bridgehead atoms. The SMILES string of the molecule is Nc1ccc(N2CCN(CCC(F)(F)F)CC2)nc1. The van der Waals surface area contributed by atoms with Gasteiger partial charge in [0.25, 0.3) is 0 Å². The first-order valence-electron chi connectivity index (χ1n) is 6.20. The zero-order valence-electron chi connectivity index (χ0n) is 10.5. The van der Waals surface area contributed by atoms with Crippen LogP contribution in [0.4, 0.5) is 24.7 Å². The van der Waals surface area contributed by atoms with Crippen LogP contribution < -0.4 is 10.6 Å². The Morgan fingerprint density at radius 1 is 1.16 bits per heavy atom. The van der Waals surface area contributed by atoms with Gasteiger partial charge in [-0.15, -0.1) is 0 Å². The minimum Gasteiger partial charge on any atom is -0.397 e. The van der Waals surface area contributed by atoms with Crippen molar-refractivity contribution in [1.29, 1.82) is 0 Å². The Bertz CT molecular complexity index is 396.